The maximum absolute atomic E-state index is 5.99. The van der Waals surface area contributed by atoms with Gasteiger partial charge in [0.1, 0.15) is 0 Å². The van der Waals surface area contributed by atoms with Crippen LogP contribution in [0.15, 0.2) is 18.2 Å². The lowest BCUT2D eigenvalue weighted by Gasteiger charge is -2.16. The first-order chi connectivity index (χ1) is 8.67. The zero-order valence-corrected chi connectivity index (χ0v) is 12.2. The van der Waals surface area contributed by atoms with Gasteiger partial charge in [-0.25, -0.2) is 0 Å². The van der Waals surface area contributed by atoms with Gasteiger partial charge >= 0.3 is 0 Å². The second kappa shape index (κ2) is 8.73. The molecule has 0 bridgehead atoms. The maximum atomic E-state index is 5.99. The molecule has 5 heteroatoms. The first-order valence-corrected chi connectivity index (χ1v) is 6.60. The number of nitrogens with one attached hydrogen (secondary N) is 1. The molecular weight excluding hydrogens is 273 g/mol. The van der Waals surface area contributed by atoms with Crippen molar-refractivity contribution in [2.75, 3.05) is 34.0 Å². The summed E-state index contributed by atoms with van der Waals surface area (Å²) < 4.78 is 10.4. The van der Waals surface area contributed by atoms with Gasteiger partial charge in [0.15, 0.2) is 0 Å². The van der Waals surface area contributed by atoms with Crippen LogP contribution in [0.25, 0.3) is 0 Å². The second-order valence-corrected chi connectivity index (χ2v) is 4.82. The van der Waals surface area contributed by atoms with E-state index in [1.54, 1.807) is 7.11 Å². The lowest BCUT2D eigenvalue weighted by atomic mass is 10.1. The molecule has 18 heavy (non-hydrogen) atoms. The third-order valence-electron chi connectivity index (χ3n) is 2.63. The Bertz CT molecular complexity index is 361. The number of methoxy groups -OCH3 is 1. The van der Waals surface area contributed by atoms with Crippen LogP contribution in [-0.2, 0) is 15.9 Å². The molecule has 0 fully saturated rings. The normalized spacial score (nSPS) is 12.7. The lowest BCUT2D eigenvalue weighted by Crippen LogP contribution is -2.33. The molecule has 0 aliphatic rings. The van der Waals surface area contributed by atoms with Crippen molar-refractivity contribution in [2.45, 2.75) is 12.5 Å². The molecule has 0 aliphatic carbocycles. The van der Waals surface area contributed by atoms with Crippen molar-refractivity contribution in [3.63, 3.8) is 0 Å². The van der Waals surface area contributed by atoms with Crippen LogP contribution in [0, 0.1) is 0 Å². The number of benzene rings is 1. The molecule has 0 spiro atoms. The Morgan fingerprint density at radius 3 is 2.61 bits per heavy atom. The Hall–Kier alpha value is -0.320. The summed E-state index contributed by atoms with van der Waals surface area (Å²) in [7, 11) is 3.58. The maximum Gasteiger partial charge on any atom is 0.0701 e. The highest BCUT2D eigenvalue weighted by Gasteiger charge is 2.08. The molecular formula is C13H19Cl2NO2. The van der Waals surface area contributed by atoms with Gasteiger partial charge in [0.25, 0.3) is 0 Å². The van der Waals surface area contributed by atoms with Crippen LogP contribution in [-0.4, -0.2) is 40.0 Å². The quantitative estimate of drug-likeness (QED) is 0.747. The Balaban J connectivity index is 2.44. The highest BCUT2D eigenvalue weighted by molar-refractivity contribution is 6.42. The third kappa shape index (κ3) is 5.55. The summed E-state index contributed by atoms with van der Waals surface area (Å²) in [5.74, 6) is 0. The minimum Gasteiger partial charge on any atom is -0.382 e. The molecule has 1 unspecified atom stereocenters. The zero-order valence-electron chi connectivity index (χ0n) is 10.7. The zero-order chi connectivity index (χ0) is 13.4. The fourth-order valence-corrected chi connectivity index (χ4v) is 1.88. The number of likely N-dealkylation sites (N-methyl/N-ethyl adjacent to an activating group) is 1. The van der Waals surface area contributed by atoms with Crippen LogP contribution in [0.1, 0.15) is 5.56 Å². The molecule has 0 aromatic heterocycles. The number of hydrogen-bond donors (Lipinski definition) is 1. The van der Waals surface area contributed by atoms with Crippen LogP contribution in [0.2, 0.25) is 10.0 Å². The smallest absolute Gasteiger partial charge is 0.0701 e. The Morgan fingerprint density at radius 2 is 2.00 bits per heavy atom. The average molecular weight is 292 g/mol. The van der Waals surface area contributed by atoms with Gasteiger partial charge in [0.05, 0.1) is 29.9 Å². The average Bonchev–Trinajstić information content (AvgIpc) is 2.37. The predicted octanol–water partition coefficient (Wildman–Crippen LogP) is 2.79. The fraction of sp³-hybridized carbons (Fsp3) is 0.538. The minimum atomic E-state index is 0.249. The summed E-state index contributed by atoms with van der Waals surface area (Å²) in [6.45, 7) is 1.86. The summed E-state index contributed by atoms with van der Waals surface area (Å²) in [5.41, 5.74) is 1.14. The van der Waals surface area contributed by atoms with Crippen molar-refractivity contribution in [2.24, 2.45) is 0 Å². The molecule has 0 aliphatic heterocycles. The van der Waals surface area contributed by atoms with E-state index < -0.39 is 0 Å². The molecule has 0 radical (unpaired) electrons. The molecule has 1 rings (SSSR count). The monoisotopic (exact) mass is 291 g/mol. The van der Waals surface area contributed by atoms with Gasteiger partial charge in [0.2, 0.25) is 0 Å². The molecule has 0 amide bonds. The van der Waals surface area contributed by atoms with Gasteiger partial charge in [-0.2, -0.15) is 0 Å². The van der Waals surface area contributed by atoms with Crippen LogP contribution >= 0.6 is 23.2 Å². The van der Waals surface area contributed by atoms with Gasteiger partial charge in [-0.1, -0.05) is 29.3 Å². The molecule has 0 saturated heterocycles. The molecule has 1 atom stereocenters. The van der Waals surface area contributed by atoms with Crippen molar-refractivity contribution in [3.05, 3.63) is 33.8 Å². The third-order valence-corrected chi connectivity index (χ3v) is 3.36. The molecule has 0 saturated carbocycles. The van der Waals surface area contributed by atoms with Gasteiger partial charge in [-0.05, 0) is 31.2 Å². The molecule has 0 heterocycles. The summed E-state index contributed by atoms with van der Waals surface area (Å²) in [4.78, 5) is 0. The SMILES string of the molecule is CNC(COCCOC)Cc1ccc(Cl)c(Cl)c1. The number of halogens is 2. The van der Waals surface area contributed by atoms with E-state index >= 15 is 0 Å². The van der Waals surface area contributed by atoms with Crippen LogP contribution < -0.4 is 5.32 Å². The van der Waals surface area contributed by atoms with Crippen molar-refractivity contribution in [1.29, 1.82) is 0 Å². The number of hydrogen-bond acceptors (Lipinski definition) is 3. The Morgan fingerprint density at radius 1 is 1.22 bits per heavy atom. The molecule has 3 nitrogen and oxygen atoms in total. The van der Waals surface area contributed by atoms with Gasteiger partial charge in [0, 0.05) is 13.2 Å². The van der Waals surface area contributed by atoms with Gasteiger partial charge < -0.3 is 14.8 Å². The first-order valence-electron chi connectivity index (χ1n) is 5.85. The first kappa shape index (κ1) is 15.7. The van der Waals surface area contributed by atoms with E-state index in [9.17, 15) is 0 Å². The molecule has 1 aromatic rings. The van der Waals surface area contributed by atoms with E-state index in [0.717, 1.165) is 12.0 Å². The summed E-state index contributed by atoms with van der Waals surface area (Å²) in [5, 5.41) is 4.39. The lowest BCUT2D eigenvalue weighted by molar-refractivity contribution is 0.0598. The highest BCUT2D eigenvalue weighted by Crippen LogP contribution is 2.23. The van der Waals surface area contributed by atoms with E-state index in [1.165, 1.54) is 0 Å². The molecule has 1 aromatic carbocycles. The molecule has 1 N–H and O–H groups in total. The summed E-state index contributed by atoms with van der Waals surface area (Å²) in [6.07, 6.45) is 0.848. The van der Waals surface area contributed by atoms with E-state index in [0.29, 0.717) is 29.9 Å². The van der Waals surface area contributed by atoms with E-state index in [-0.39, 0.29) is 6.04 Å². The van der Waals surface area contributed by atoms with Crippen LogP contribution in [0.5, 0.6) is 0 Å². The van der Waals surface area contributed by atoms with E-state index in [2.05, 4.69) is 5.32 Å². The van der Waals surface area contributed by atoms with E-state index in [1.807, 2.05) is 25.2 Å². The van der Waals surface area contributed by atoms with E-state index in [4.69, 9.17) is 32.7 Å². The number of rotatable bonds is 8. The van der Waals surface area contributed by atoms with Crippen molar-refractivity contribution >= 4 is 23.2 Å². The summed E-state index contributed by atoms with van der Waals surface area (Å²) >= 11 is 11.9. The van der Waals surface area contributed by atoms with Crippen molar-refractivity contribution < 1.29 is 9.47 Å². The molecule has 102 valence electrons. The van der Waals surface area contributed by atoms with Gasteiger partial charge in [-0.15, -0.1) is 0 Å². The number of ether oxygens (including phenoxy) is 2. The predicted molar refractivity (Wildman–Crippen MR) is 75.7 cm³/mol. The van der Waals surface area contributed by atoms with Crippen LogP contribution in [0.3, 0.4) is 0 Å². The minimum absolute atomic E-state index is 0.249. The largest absolute Gasteiger partial charge is 0.382 e. The second-order valence-electron chi connectivity index (χ2n) is 4.01. The van der Waals surface area contributed by atoms with Crippen molar-refractivity contribution in [3.8, 4) is 0 Å². The van der Waals surface area contributed by atoms with Crippen LogP contribution in [0.4, 0.5) is 0 Å². The van der Waals surface area contributed by atoms with Gasteiger partial charge in [-0.3, -0.25) is 0 Å². The van der Waals surface area contributed by atoms with Crippen molar-refractivity contribution in [1.82, 2.24) is 5.32 Å². The Labute approximate surface area is 118 Å². The standard InChI is InChI=1S/C13H19Cl2NO2/c1-16-11(9-18-6-5-17-2)7-10-3-4-12(14)13(15)8-10/h3-4,8,11,16H,5-7,9H2,1-2H3. The highest BCUT2D eigenvalue weighted by atomic mass is 35.5. The summed E-state index contributed by atoms with van der Waals surface area (Å²) in [6, 6.07) is 5.94. The topological polar surface area (TPSA) is 30.5 Å². The Kier molecular flexibility index (Phi) is 7.63. The fourth-order valence-electron chi connectivity index (χ4n) is 1.56.